The summed E-state index contributed by atoms with van der Waals surface area (Å²) in [6.07, 6.45) is 9.87. The maximum absolute atomic E-state index is 13.4. The largest absolute Gasteiger partial charge is 0.506 e. The number of ether oxygens (including phenoxy) is 3. The lowest BCUT2D eigenvalue weighted by atomic mass is 9.81. The smallest absolute Gasteiger partial charge is 0.259 e. The highest BCUT2D eigenvalue weighted by Crippen LogP contribution is 2.45. The Balaban J connectivity index is 0.000000243. The number of benzene rings is 9. The van der Waals surface area contributed by atoms with Crippen molar-refractivity contribution >= 4 is 84.6 Å². The number of phenols is 3. The van der Waals surface area contributed by atoms with Crippen LogP contribution in [0.15, 0.2) is 166 Å². The highest BCUT2D eigenvalue weighted by Gasteiger charge is 2.25. The SMILES string of the molecule is C#CC#CC#CC#CC#CC#CC#COc1ccccc1NC(=O)c1cc(Sc2nnnn2CC)c2ccccc2c1O.CCC(C)(C)c1cc(C)ccc1OCCCCNC(=O)c1cc(Oc2ccc(N=Nc3c(C)cc4cc(C)cc(NC(C)=O)c4c3O)cc2)c2ccccc2c1O. The van der Waals surface area contributed by atoms with Crippen molar-refractivity contribution in [2.24, 2.45) is 10.2 Å². The summed E-state index contributed by atoms with van der Waals surface area (Å²) in [7, 11) is 0. The third kappa shape index (κ3) is 18.3. The molecule has 0 aliphatic rings. The maximum Gasteiger partial charge on any atom is 0.259 e. The second-order valence-electron chi connectivity index (χ2n) is 23.0. The lowest BCUT2D eigenvalue weighted by Gasteiger charge is -2.26. The molecule has 0 radical (unpaired) electrons. The van der Waals surface area contributed by atoms with Crippen LogP contribution in [-0.2, 0) is 16.8 Å². The van der Waals surface area contributed by atoms with Gasteiger partial charge in [-0.3, -0.25) is 14.4 Å². The number of terminal acetylenes is 1. The summed E-state index contributed by atoms with van der Waals surface area (Å²) in [5.41, 5.74) is 5.89. The molecule has 10 aromatic rings. The maximum atomic E-state index is 13.4. The number of aromatic nitrogens is 4. The molecule has 100 heavy (non-hydrogen) atoms. The van der Waals surface area contributed by atoms with Gasteiger partial charge in [0.15, 0.2) is 11.5 Å². The van der Waals surface area contributed by atoms with Crippen molar-refractivity contribution in [2.75, 3.05) is 23.8 Å². The number of hydrogen-bond acceptors (Lipinski definition) is 15. The van der Waals surface area contributed by atoms with Crippen LogP contribution in [0.25, 0.3) is 32.3 Å². The van der Waals surface area contributed by atoms with Gasteiger partial charge in [-0.1, -0.05) is 105 Å². The number of aromatic hydroxyl groups is 3. The molecule has 19 heteroatoms. The number of rotatable bonds is 20. The summed E-state index contributed by atoms with van der Waals surface area (Å²) in [6.45, 7) is 17.3. The molecule has 0 aliphatic carbocycles. The molecule has 1 heterocycles. The molecule has 0 saturated carbocycles. The molecule has 0 atom stereocenters. The molecule has 10 rings (SSSR count). The summed E-state index contributed by atoms with van der Waals surface area (Å²) in [5.74, 6) is 29.9. The molecule has 0 spiro atoms. The van der Waals surface area contributed by atoms with E-state index in [0.29, 0.717) is 92.0 Å². The molecule has 1 aromatic heterocycles. The summed E-state index contributed by atoms with van der Waals surface area (Å²) in [4.78, 5) is 39.4. The molecule has 0 bridgehead atoms. The minimum Gasteiger partial charge on any atom is -0.506 e. The van der Waals surface area contributed by atoms with Gasteiger partial charge in [0.2, 0.25) is 11.1 Å². The zero-order valence-electron chi connectivity index (χ0n) is 56.1. The van der Waals surface area contributed by atoms with Gasteiger partial charge >= 0.3 is 0 Å². The molecule has 3 amide bonds. The molecule has 0 fully saturated rings. The Bertz CT molecular complexity index is 5290. The topological polar surface area (TPSA) is 244 Å². The molecule has 0 saturated heterocycles. The number of para-hydroxylation sites is 2. The lowest BCUT2D eigenvalue weighted by Crippen LogP contribution is -2.25. The van der Waals surface area contributed by atoms with Crippen LogP contribution in [-0.4, -0.2) is 66.4 Å². The Morgan fingerprint density at radius 1 is 0.630 bits per heavy atom. The van der Waals surface area contributed by atoms with E-state index in [1.54, 1.807) is 95.7 Å². The predicted octanol–water partition coefficient (Wildman–Crippen LogP) is 15.7. The van der Waals surface area contributed by atoms with Crippen LogP contribution < -0.4 is 30.2 Å². The fourth-order valence-corrected chi connectivity index (χ4v) is 11.2. The Morgan fingerprint density at radius 2 is 1.27 bits per heavy atom. The number of anilines is 2. The fourth-order valence-electron chi connectivity index (χ4n) is 10.2. The summed E-state index contributed by atoms with van der Waals surface area (Å²) in [5, 5.41) is 66.7. The molecule has 18 nitrogen and oxygen atoms in total. The van der Waals surface area contributed by atoms with Crippen molar-refractivity contribution in [1.29, 1.82) is 0 Å². The number of aryl methyl sites for hydroxylation is 4. The number of carbonyl (C=O) groups is 3. The molecule has 496 valence electrons. The number of carbonyl (C=O) groups excluding carboxylic acids is 3. The quantitative estimate of drug-likeness (QED) is 0.0237. The minimum absolute atomic E-state index is 0.00144. The number of nitrogens with zero attached hydrogens (tertiary/aromatic N) is 6. The van der Waals surface area contributed by atoms with Crippen molar-refractivity contribution < 1.29 is 43.9 Å². The monoisotopic (exact) mass is 1340 g/mol. The number of azo groups is 1. The van der Waals surface area contributed by atoms with Gasteiger partial charge in [-0.25, -0.2) is 4.68 Å². The Morgan fingerprint density at radius 3 is 1.95 bits per heavy atom. The normalized spacial score (nSPS) is 10.4. The zero-order valence-corrected chi connectivity index (χ0v) is 56.9. The number of fused-ring (bicyclic) bond motifs is 3. The first-order valence-corrected chi connectivity index (χ1v) is 32.4. The van der Waals surface area contributed by atoms with Crippen molar-refractivity contribution in [3.05, 3.63) is 179 Å². The summed E-state index contributed by atoms with van der Waals surface area (Å²) in [6, 6.07) is 43.2. The van der Waals surface area contributed by atoms with Crippen LogP contribution in [0.2, 0.25) is 0 Å². The van der Waals surface area contributed by atoms with Crippen molar-refractivity contribution in [3.63, 3.8) is 0 Å². The molecular weight excluding hydrogens is 1280 g/mol. The number of hydrogen-bond donors (Lipinski definition) is 6. The van der Waals surface area contributed by atoms with Crippen LogP contribution >= 0.6 is 11.8 Å². The second kappa shape index (κ2) is 34.0. The van der Waals surface area contributed by atoms with Crippen molar-refractivity contribution in [1.82, 2.24) is 25.5 Å². The number of phenolic OH excluding ortho intramolecular Hbond substituents is 3. The van der Waals surface area contributed by atoms with Crippen LogP contribution in [0.5, 0.6) is 40.2 Å². The highest BCUT2D eigenvalue weighted by atomic mass is 32.2. The van der Waals surface area contributed by atoms with E-state index in [9.17, 15) is 29.7 Å². The van der Waals surface area contributed by atoms with Gasteiger partial charge in [-0.05, 0) is 204 Å². The van der Waals surface area contributed by atoms with Gasteiger partial charge in [0.25, 0.3) is 11.8 Å². The summed E-state index contributed by atoms with van der Waals surface area (Å²) < 4.78 is 19.6. The van der Waals surface area contributed by atoms with Gasteiger partial charge in [0.1, 0.15) is 40.5 Å². The van der Waals surface area contributed by atoms with Crippen LogP contribution in [0.4, 0.5) is 22.7 Å². The van der Waals surface area contributed by atoms with E-state index in [-0.39, 0.29) is 45.4 Å². The molecule has 0 unspecified atom stereocenters. The van der Waals surface area contributed by atoms with Gasteiger partial charge < -0.3 is 45.5 Å². The first kappa shape index (κ1) is 71.2. The predicted molar refractivity (Wildman–Crippen MR) is 391 cm³/mol. The molecule has 0 aliphatic heterocycles. The summed E-state index contributed by atoms with van der Waals surface area (Å²) >= 11 is 1.30. The Hall–Kier alpha value is -13.1. The van der Waals surface area contributed by atoms with Gasteiger partial charge in [-0.2, -0.15) is 5.11 Å². The third-order valence-corrected chi connectivity index (χ3v) is 16.5. The van der Waals surface area contributed by atoms with Crippen LogP contribution in [0, 0.1) is 104 Å². The standard InChI is InChI=1S/C47H50N4O6.C34H17N5O3S/c1-8-47(6,7)38-24-28(2)15-20-40(38)56-22-12-11-21-48-46(55)37-27-41(35-13-9-10-14-36(35)44(37)53)57-34-18-16-33(17-19-34)50-51-43-30(4)26-32-23-29(3)25-39(49-31(5)52)42(32)45(43)54;1-3-5-6-7-8-9-10-11-12-13-14-19-24-42-30-23-18-17-22-29(30)35-33(41)28-25-31(43-34-36-37-38-39(34)4-2)26-20-15-16-21-27(26)32(28)40/h9-10,13-20,23-27,53-54H,8,11-12,21-22H2,1-7H3,(H,48,55)(H,49,52);1,15-18,20-23,25,40H,4H2,2H3,(H,35,41). The number of nitrogens with one attached hydrogen (secondary N) is 3. The van der Waals surface area contributed by atoms with E-state index in [2.05, 4.69) is 159 Å². The van der Waals surface area contributed by atoms with E-state index in [1.807, 2.05) is 63.2 Å². The van der Waals surface area contributed by atoms with Gasteiger partial charge in [-0.15, -0.1) is 16.6 Å². The second-order valence-corrected chi connectivity index (χ2v) is 24.0. The van der Waals surface area contributed by atoms with E-state index < -0.39 is 11.8 Å². The average molecular weight is 1340 g/mol. The first-order valence-electron chi connectivity index (χ1n) is 31.6. The number of unbranched alkanes of at least 4 members (excludes halogenated alkanes) is 1. The number of amides is 3. The van der Waals surface area contributed by atoms with Crippen molar-refractivity contribution in [3.8, 4) is 124 Å². The molecule has 6 N–H and O–H groups in total. The minimum atomic E-state index is -0.548. The van der Waals surface area contributed by atoms with Gasteiger partial charge in [0.05, 0.1) is 34.8 Å². The number of tetrazole rings is 1. The van der Waals surface area contributed by atoms with Crippen LogP contribution in [0.3, 0.4) is 0 Å². The van der Waals surface area contributed by atoms with Crippen LogP contribution in [0.1, 0.15) is 96.9 Å². The third-order valence-electron chi connectivity index (χ3n) is 15.5. The lowest BCUT2D eigenvalue weighted by molar-refractivity contribution is -0.114. The van der Waals surface area contributed by atoms with Crippen molar-refractivity contribution in [2.45, 2.75) is 96.7 Å². The van der Waals surface area contributed by atoms with E-state index in [4.69, 9.17) is 20.6 Å². The Labute approximate surface area is 584 Å². The highest BCUT2D eigenvalue weighted by molar-refractivity contribution is 7.99. The van der Waals surface area contributed by atoms with E-state index >= 15 is 0 Å². The average Bonchev–Trinajstić information content (AvgIpc) is 0.836. The van der Waals surface area contributed by atoms with Gasteiger partial charge in [0, 0.05) is 82.0 Å². The van der Waals surface area contributed by atoms with E-state index in [1.165, 1.54) is 29.8 Å². The zero-order chi connectivity index (χ0) is 71.1. The first-order chi connectivity index (χ1) is 48.4. The fraction of sp³-hybridized carbons (Fsp3) is 0.185. The van der Waals surface area contributed by atoms with E-state index in [0.717, 1.165) is 40.5 Å². The molecular formula is C81H67N9O9S. The Kier molecular flexibility index (Phi) is 24.2. The molecule has 9 aromatic carbocycles.